The minimum Gasteiger partial charge on any atom is -0.480 e. The van der Waals surface area contributed by atoms with Crippen LogP contribution in [0.3, 0.4) is 0 Å². The number of hydrogen-bond donors (Lipinski definition) is 1. The molecule has 1 aromatic carbocycles. The molecule has 0 aliphatic rings. The van der Waals surface area contributed by atoms with E-state index >= 15 is 0 Å². The van der Waals surface area contributed by atoms with Gasteiger partial charge in [0.15, 0.2) is 11.5 Å². The smallest absolute Gasteiger partial charge is 0.434 e. The minimum absolute atomic E-state index is 0.112. The number of nitrogens with zero attached hydrogens (tertiary/aromatic N) is 5. The fraction of sp³-hybridized carbons (Fsp3) is 0.300. The van der Waals surface area contributed by atoms with Gasteiger partial charge in [0.1, 0.15) is 0 Å². The number of aromatic nitrogens is 4. The van der Waals surface area contributed by atoms with Gasteiger partial charge < -0.3 is 15.0 Å². The Hall–Kier alpha value is -3.47. The number of methoxy groups -OCH3 is 1. The monoisotopic (exact) mass is 434 g/mol. The molecular weight excluding hydrogens is 413 g/mol. The van der Waals surface area contributed by atoms with Crippen molar-refractivity contribution in [1.82, 2.24) is 30.2 Å². The summed E-state index contributed by atoms with van der Waals surface area (Å²) in [6.07, 6.45) is -3.97. The van der Waals surface area contributed by atoms with Crippen LogP contribution in [0.25, 0.3) is 5.82 Å². The zero-order valence-corrected chi connectivity index (χ0v) is 17.1. The van der Waals surface area contributed by atoms with E-state index in [4.69, 9.17) is 4.74 Å². The number of hydrogen-bond acceptors (Lipinski definition) is 6. The van der Waals surface area contributed by atoms with E-state index < -0.39 is 23.3 Å². The van der Waals surface area contributed by atoms with E-state index in [2.05, 4.69) is 20.6 Å². The van der Waals surface area contributed by atoms with Crippen LogP contribution in [0, 0.1) is 0 Å². The van der Waals surface area contributed by atoms with Crippen molar-refractivity contribution in [2.45, 2.75) is 12.2 Å². The van der Waals surface area contributed by atoms with Gasteiger partial charge in [-0.3, -0.25) is 4.79 Å². The Morgan fingerprint density at radius 2 is 1.87 bits per heavy atom. The highest BCUT2D eigenvalue weighted by molar-refractivity contribution is 5.95. The molecule has 11 heteroatoms. The second kappa shape index (κ2) is 9.13. The summed E-state index contributed by atoms with van der Waals surface area (Å²) in [5.41, 5.74) is -0.908. The Balaban J connectivity index is 1.87. The molecule has 3 rings (SSSR count). The molecule has 0 spiro atoms. The predicted octanol–water partition coefficient (Wildman–Crippen LogP) is 2.72. The first-order valence-corrected chi connectivity index (χ1v) is 9.25. The lowest BCUT2D eigenvalue weighted by molar-refractivity contribution is -0.143. The van der Waals surface area contributed by atoms with Gasteiger partial charge in [-0.25, -0.2) is 4.68 Å². The number of benzene rings is 1. The summed E-state index contributed by atoms with van der Waals surface area (Å²) in [6, 6.07) is 11.8. The summed E-state index contributed by atoms with van der Waals surface area (Å²) in [5, 5.41) is 13.7. The molecule has 2 aromatic heterocycles. The van der Waals surface area contributed by atoms with Gasteiger partial charge in [-0.05, 0) is 25.7 Å². The first-order chi connectivity index (χ1) is 14.7. The Labute approximate surface area is 176 Å². The molecule has 1 N–H and O–H groups in total. The number of halogens is 3. The molecule has 0 saturated heterocycles. The van der Waals surface area contributed by atoms with E-state index in [9.17, 15) is 18.0 Å². The third kappa shape index (κ3) is 5.00. The molecule has 1 atom stereocenters. The van der Waals surface area contributed by atoms with Gasteiger partial charge in [0.05, 0.1) is 24.9 Å². The van der Waals surface area contributed by atoms with Gasteiger partial charge in [-0.1, -0.05) is 30.3 Å². The first-order valence-electron chi connectivity index (χ1n) is 9.25. The van der Waals surface area contributed by atoms with Crippen molar-refractivity contribution in [2.75, 3.05) is 27.7 Å². The van der Waals surface area contributed by atoms with Crippen molar-refractivity contribution in [1.29, 1.82) is 0 Å². The third-order valence-corrected chi connectivity index (χ3v) is 4.60. The maximum Gasteiger partial charge on any atom is 0.434 e. The minimum atomic E-state index is -4.84. The van der Waals surface area contributed by atoms with Gasteiger partial charge in [-0.15, -0.1) is 10.2 Å². The molecule has 0 bridgehead atoms. The number of nitrogens with one attached hydrogen (secondary N) is 1. The summed E-state index contributed by atoms with van der Waals surface area (Å²) in [6.45, 7) is 0.112. The van der Waals surface area contributed by atoms with Crippen LogP contribution >= 0.6 is 0 Å². The summed E-state index contributed by atoms with van der Waals surface area (Å²) in [4.78, 5) is 14.5. The lowest BCUT2D eigenvalue weighted by atomic mass is 10.1. The van der Waals surface area contributed by atoms with E-state index in [1.165, 1.54) is 19.2 Å². The molecule has 164 valence electrons. The first kappa shape index (κ1) is 22.2. The van der Waals surface area contributed by atoms with Crippen molar-refractivity contribution in [3.63, 3.8) is 0 Å². The van der Waals surface area contributed by atoms with Crippen LogP contribution in [0.15, 0.2) is 48.7 Å². The van der Waals surface area contributed by atoms with Crippen molar-refractivity contribution in [3.05, 3.63) is 65.5 Å². The molecule has 0 unspecified atom stereocenters. The maximum atomic E-state index is 13.8. The Morgan fingerprint density at radius 1 is 1.16 bits per heavy atom. The van der Waals surface area contributed by atoms with Crippen molar-refractivity contribution in [2.24, 2.45) is 0 Å². The van der Waals surface area contributed by atoms with E-state index in [1.807, 2.05) is 49.3 Å². The van der Waals surface area contributed by atoms with Crippen LogP contribution < -0.4 is 10.1 Å². The molecule has 0 aliphatic carbocycles. The Morgan fingerprint density at radius 3 is 2.42 bits per heavy atom. The molecule has 0 saturated carbocycles. The number of likely N-dealkylation sites (N-methyl/N-ethyl adjacent to an activating group) is 1. The second-order valence-corrected chi connectivity index (χ2v) is 6.85. The number of amides is 1. The largest absolute Gasteiger partial charge is 0.480 e. The molecular formula is C20H21F3N6O2. The van der Waals surface area contributed by atoms with Crippen LogP contribution in [0.2, 0.25) is 0 Å². The van der Waals surface area contributed by atoms with E-state index in [0.29, 0.717) is 4.68 Å². The number of rotatable bonds is 7. The molecule has 0 aliphatic heterocycles. The maximum absolute atomic E-state index is 13.8. The van der Waals surface area contributed by atoms with Gasteiger partial charge in [0, 0.05) is 12.6 Å². The normalized spacial score (nSPS) is 12.6. The van der Waals surface area contributed by atoms with E-state index in [-0.39, 0.29) is 24.3 Å². The zero-order valence-electron chi connectivity index (χ0n) is 17.1. The lowest BCUT2D eigenvalue weighted by Crippen LogP contribution is -2.35. The van der Waals surface area contributed by atoms with Crippen LogP contribution in [-0.4, -0.2) is 58.5 Å². The summed E-state index contributed by atoms with van der Waals surface area (Å²) < 4.78 is 46.8. The number of carbonyl (C=O) groups is 1. The zero-order chi connectivity index (χ0) is 22.6. The van der Waals surface area contributed by atoms with Gasteiger partial charge in [-0.2, -0.15) is 18.3 Å². The number of alkyl halides is 3. The van der Waals surface area contributed by atoms with Crippen molar-refractivity contribution < 1.29 is 22.7 Å². The fourth-order valence-electron chi connectivity index (χ4n) is 3.05. The predicted molar refractivity (Wildman–Crippen MR) is 106 cm³/mol. The molecule has 31 heavy (non-hydrogen) atoms. The molecule has 8 nitrogen and oxygen atoms in total. The molecule has 0 radical (unpaired) electrons. The topological polar surface area (TPSA) is 85.2 Å². The summed E-state index contributed by atoms with van der Waals surface area (Å²) in [5.74, 6) is -0.941. The van der Waals surface area contributed by atoms with E-state index in [0.717, 1.165) is 11.8 Å². The SMILES string of the molecule is COc1ccc(-n2ncc(C(=O)NC[C@@H](c3ccccc3)N(C)C)c2C(F)(F)F)nn1. The van der Waals surface area contributed by atoms with Gasteiger partial charge in [0.25, 0.3) is 5.91 Å². The number of ether oxygens (including phenoxy) is 1. The van der Waals surface area contributed by atoms with Gasteiger partial charge in [0.2, 0.25) is 5.88 Å². The average Bonchev–Trinajstić information content (AvgIpc) is 3.20. The lowest BCUT2D eigenvalue weighted by Gasteiger charge is -2.25. The fourth-order valence-corrected chi connectivity index (χ4v) is 3.05. The molecule has 1 amide bonds. The van der Waals surface area contributed by atoms with Crippen LogP contribution in [0.1, 0.15) is 27.7 Å². The third-order valence-electron chi connectivity index (χ3n) is 4.60. The Kier molecular flexibility index (Phi) is 6.54. The van der Waals surface area contributed by atoms with Crippen molar-refractivity contribution in [3.8, 4) is 11.7 Å². The second-order valence-electron chi connectivity index (χ2n) is 6.85. The standard InChI is InChI=1S/C20H21F3N6O2/c1-28(2)15(13-7-5-4-6-8-13)12-24-19(30)14-11-25-29(18(14)20(21,22)23)16-9-10-17(31-3)27-26-16/h4-11,15H,12H2,1-3H3,(H,24,30)/t15-/m0/s1. The van der Waals surface area contributed by atoms with Gasteiger partial charge >= 0.3 is 6.18 Å². The van der Waals surface area contributed by atoms with Crippen molar-refractivity contribution >= 4 is 5.91 Å². The highest BCUT2D eigenvalue weighted by Gasteiger charge is 2.41. The van der Waals surface area contributed by atoms with Crippen LogP contribution in [0.4, 0.5) is 13.2 Å². The molecule has 2 heterocycles. The Bertz CT molecular complexity index is 1020. The van der Waals surface area contributed by atoms with Crippen LogP contribution in [0.5, 0.6) is 5.88 Å². The molecule has 3 aromatic rings. The number of carbonyl (C=O) groups excluding carboxylic acids is 1. The summed E-state index contributed by atoms with van der Waals surface area (Å²) >= 11 is 0. The van der Waals surface area contributed by atoms with Crippen LogP contribution in [-0.2, 0) is 6.18 Å². The highest BCUT2D eigenvalue weighted by Crippen LogP contribution is 2.33. The highest BCUT2D eigenvalue weighted by atomic mass is 19.4. The molecule has 0 fully saturated rings. The quantitative estimate of drug-likeness (QED) is 0.616. The average molecular weight is 434 g/mol. The van der Waals surface area contributed by atoms with E-state index in [1.54, 1.807) is 0 Å². The summed E-state index contributed by atoms with van der Waals surface area (Å²) in [7, 11) is 5.01.